The fraction of sp³-hybridized carbons (Fsp3) is 0.208. The van der Waals surface area contributed by atoms with Gasteiger partial charge in [-0.05, 0) is 42.5 Å². The number of methoxy groups -OCH3 is 1. The van der Waals surface area contributed by atoms with E-state index in [9.17, 15) is 9.59 Å². The number of ether oxygens (including phenoxy) is 1. The molecule has 10 nitrogen and oxygen atoms in total. The number of aromatic amines is 1. The van der Waals surface area contributed by atoms with Gasteiger partial charge in [0.05, 0.1) is 30.2 Å². The van der Waals surface area contributed by atoms with Crippen molar-refractivity contribution in [1.29, 1.82) is 0 Å². The molecule has 0 unspecified atom stereocenters. The number of nitrogens with one attached hydrogen (secondary N) is 3. The second-order valence-corrected chi connectivity index (χ2v) is 7.50. The number of rotatable bonds is 10. The molecule has 174 valence electrons. The van der Waals surface area contributed by atoms with Crippen LogP contribution in [-0.4, -0.2) is 59.7 Å². The molecule has 0 aliphatic carbocycles. The van der Waals surface area contributed by atoms with E-state index in [4.69, 9.17) is 4.74 Å². The standard InChI is InChI=1S/C24H25N7O3/c1-25-20-6-4-16(13-21(20)31(10-3-11-32)15-23(33)34-2)24-26-9-8-22(29-24)28-18-5-7-19-17(12-18)14-27-30-19/h4-9,11-14,25H,3,10,15H2,1-2H3,(H,27,30)(H,26,28,29). The molecule has 2 heterocycles. The monoisotopic (exact) mass is 459 g/mol. The zero-order valence-corrected chi connectivity index (χ0v) is 18.9. The van der Waals surface area contributed by atoms with E-state index >= 15 is 0 Å². The van der Waals surface area contributed by atoms with E-state index in [2.05, 4.69) is 30.8 Å². The predicted octanol–water partition coefficient (Wildman–Crippen LogP) is 3.37. The molecule has 0 saturated carbocycles. The molecule has 0 aliphatic rings. The van der Waals surface area contributed by atoms with Gasteiger partial charge in [-0.25, -0.2) is 9.97 Å². The summed E-state index contributed by atoms with van der Waals surface area (Å²) in [4.78, 5) is 33.9. The second-order valence-electron chi connectivity index (χ2n) is 7.50. The summed E-state index contributed by atoms with van der Waals surface area (Å²) in [7, 11) is 3.14. The van der Waals surface area contributed by atoms with Crippen LogP contribution >= 0.6 is 0 Å². The molecule has 0 radical (unpaired) electrons. The Bertz CT molecular complexity index is 1300. The lowest BCUT2D eigenvalue weighted by atomic mass is 10.1. The third-order valence-electron chi connectivity index (χ3n) is 5.30. The number of fused-ring (bicyclic) bond motifs is 1. The van der Waals surface area contributed by atoms with Crippen LogP contribution in [0, 0.1) is 0 Å². The quantitative estimate of drug-likeness (QED) is 0.242. The van der Waals surface area contributed by atoms with E-state index in [1.165, 1.54) is 7.11 Å². The number of aromatic nitrogens is 4. The summed E-state index contributed by atoms with van der Waals surface area (Å²) in [5.74, 6) is 0.765. The number of carbonyl (C=O) groups excluding carboxylic acids is 2. The molecule has 10 heteroatoms. The van der Waals surface area contributed by atoms with Crippen LogP contribution in [0.4, 0.5) is 22.9 Å². The molecule has 0 spiro atoms. The molecule has 0 atom stereocenters. The SMILES string of the molecule is CNc1ccc(-c2nccc(Nc3ccc4[nH]ncc4c3)n2)cc1N(CCC=O)CC(=O)OC. The molecular weight excluding hydrogens is 434 g/mol. The van der Waals surface area contributed by atoms with E-state index in [1.807, 2.05) is 36.4 Å². The van der Waals surface area contributed by atoms with Crippen LogP contribution in [0.25, 0.3) is 22.3 Å². The highest BCUT2D eigenvalue weighted by Crippen LogP contribution is 2.31. The van der Waals surface area contributed by atoms with Gasteiger partial charge >= 0.3 is 5.97 Å². The van der Waals surface area contributed by atoms with Crippen LogP contribution in [0.15, 0.2) is 54.9 Å². The van der Waals surface area contributed by atoms with Gasteiger partial charge < -0.3 is 25.1 Å². The Morgan fingerprint density at radius 3 is 2.88 bits per heavy atom. The van der Waals surface area contributed by atoms with Crippen LogP contribution < -0.4 is 15.5 Å². The van der Waals surface area contributed by atoms with E-state index in [1.54, 1.807) is 30.4 Å². The number of hydrogen-bond donors (Lipinski definition) is 3. The molecule has 0 saturated heterocycles. The number of carbonyl (C=O) groups is 2. The molecule has 0 bridgehead atoms. The molecule has 34 heavy (non-hydrogen) atoms. The molecule has 4 aromatic rings. The third kappa shape index (κ3) is 5.12. The van der Waals surface area contributed by atoms with Gasteiger partial charge in [0.25, 0.3) is 0 Å². The average Bonchev–Trinajstić information content (AvgIpc) is 3.34. The molecule has 2 aromatic carbocycles. The minimum absolute atomic E-state index is 0.0153. The van der Waals surface area contributed by atoms with Gasteiger partial charge in [-0.3, -0.25) is 9.89 Å². The van der Waals surface area contributed by atoms with Gasteiger partial charge in [0.15, 0.2) is 5.82 Å². The number of anilines is 4. The lowest BCUT2D eigenvalue weighted by Crippen LogP contribution is -2.32. The van der Waals surface area contributed by atoms with Crippen molar-refractivity contribution in [2.75, 3.05) is 42.8 Å². The number of aldehydes is 1. The minimum Gasteiger partial charge on any atom is -0.468 e. The number of nitrogens with zero attached hydrogens (tertiary/aromatic N) is 4. The van der Waals surface area contributed by atoms with E-state index in [-0.39, 0.29) is 13.0 Å². The maximum absolute atomic E-state index is 12.0. The van der Waals surface area contributed by atoms with Gasteiger partial charge in [0.2, 0.25) is 0 Å². The van der Waals surface area contributed by atoms with Crippen LogP contribution in [-0.2, 0) is 14.3 Å². The van der Waals surface area contributed by atoms with Crippen molar-refractivity contribution in [2.24, 2.45) is 0 Å². The summed E-state index contributed by atoms with van der Waals surface area (Å²) >= 11 is 0. The van der Waals surface area contributed by atoms with Crippen molar-refractivity contribution in [1.82, 2.24) is 20.2 Å². The van der Waals surface area contributed by atoms with Gasteiger partial charge in [0, 0.05) is 42.8 Å². The predicted molar refractivity (Wildman–Crippen MR) is 131 cm³/mol. The molecule has 3 N–H and O–H groups in total. The fourth-order valence-electron chi connectivity index (χ4n) is 3.59. The van der Waals surface area contributed by atoms with Crippen LogP contribution in [0.1, 0.15) is 6.42 Å². The van der Waals surface area contributed by atoms with Gasteiger partial charge in [-0.15, -0.1) is 0 Å². The number of hydrogen-bond acceptors (Lipinski definition) is 9. The summed E-state index contributed by atoms with van der Waals surface area (Å²) in [5, 5.41) is 14.4. The third-order valence-corrected chi connectivity index (χ3v) is 5.30. The number of H-pyrrole nitrogens is 1. The maximum Gasteiger partial charge on any atom is 0.325 e. The first kappa shape index (κ1) is 22.7. The highest BCUT2D eigenvalue weighted by atomic mass is 16.5. The van der Waals surface area contributed by atoms with Crippen molar-refractivity contribution >= 4 is 46.0 Å². The zero-order chi connectivity index (χ0) is 23.9. The van der Waals surface area contributed by atoms with Crippen LogP contribution in [0.2, 0.25) is 0 Å². The largest absolute Gasteiger partial charge is 0.468 e. The van der Waals surface area contributed by atoms with Crippen molar-refractivity contribution in [3.8, 4) is 11.4 Å². The van der Waals surface area contributed by atoms with Gasteiger partial charge in [-0.2, -0.15) is 5.10 Å². The Hall–Kier alpha value is -4.47. The van der Waals surface area contributed by atoms with Crippen molar-refractivity contribution in [3.05, 3.63) is 54.9 Å². The Morgan fingerprint density at radius 1 is 1.21 bits per heavy atom. The van der Waals surface area contributed by atoms with Gasteiger partial charge in [-0.1, -0.05) is 0 Å². The molecule has 0 fully saturated rings. The molecule has 2 aromatic heterocycles. The first-order chi connectivity index (χ1) is 16.6. The Kier molecular flexibility index (Phi) is 6.97. The lowest BCUT2D eigenvalue weighted by Gasteiger charge is -2.25. The van der Waals surface area contributed by atoms with Crippen LogP contribution in [0.5, 0.6) is 0 Å². The van der Waals surface area contributed by atoms with E-state index in [0.29, 0.717) is 18.2 Å². The summed E-state index contributed by atoms with van der Waals surface area (Å²) in [5.41, 5.74) is 4.16. The summed E-state index contributed by atoms with van der Waals surface area (Å²) in [6.45, 7) is 0.386. The van der Waals surface area contributed by atoms with Crippen LogP contribution in [0.3, 0.4) is 0 Å². The van der Waals surface area contributed by atoms with Gasteiger partial charge in [0.1, 0.15) is 18.6 Å². The summed E-state index contributed by atoms with van der Waals surface area (Å²) in [6, 6.07) is 13.4. The summed E-state index contributed by atoms with van der Waals surface area (Å²) in [6.07, 6.45) is 4.56. The first-order valence-corrected chi connectivity index (χ1v) is 10.7. The van der Waals surface area contributed by atoms with Crippen molar-refractivity contribution < 1.29 is 14.3 Å². The second kappa shape index (κ2) is 10.4. The number of esters is 1. The van der Waals surface area contributed by atoms with E-state index in [0.717, 1.165) is 39.8 Å². The topological polar surface area (TPSA) is 125 Å². The van der Waals surface area contributed by atoms with Crippen molar-refractivity contribution in [3.63, 3.8) is 0 Å². The normalized spacial score (nSPS) is 10.6. The Morgan fingerprint density at radius 2 is 2.09 bits per heavy atom. The lowest BCUT2D eigenvalue weighted by molar-refractivity contribution is -0.139. The highest BCUT2D eigenvalue weighted by molar-refractivity contribution is 5.83. The zero-order valence-electron chi connectivity index (χ0n) is 18.9. The summed E-state index contributed by atoms with van der Waals surface area (Å²) < 4.78 is 4.84. The molecule has 0 amide bonds. The fourth-order valence-corrected chi connectivity index (χ4v) is 3.59. The molecule has 0 aliphatic heterocycles. The average molecular weight is 460 g/mol. The number of benzene rings is 2. The maximum atomic E-state index is 12.0. The molecule has 4 rings (SSSR count). The minimum atomic E-state index is -0.393. The van der Waals surface area contributed by atoms with Crippen molar-refractivity contribution in [2.45, 2.75) is 6.42 Å². The Labute approximate surface area is 196 Å². The van der Waals surface area contributed by atoms with E-state index < -0.39 is 5.97 Å². The molecular formula is C24H25N7O3. The highest BCUT2D eigenvalue weighted by Gasteiger charge is 2.17. The smallest absolute Gasteiger partial charge is 0.325 e. The Balaban J connectivity index is 1.64. The first-order valence-electron chi connectivity index (χ1n) is 10.7.